The van der Waals surface area contributed by atoms with Gasteiger partial charge in [0, 0.05) is 85.5 Å². The minimum Gasteiger partial charge on any atom is -0.375 e. The highest BCUT2D eigenvalue weighted by molar-refractivity contribution is 6.32. The van der Waals surface area contributed by atoms with Gasteiger partial charge in [0.2, 0.25) is 5.95 Å². The largest absolute Gasteiger partial charge is 0.375 e. The van der Waals surface area contributed by atoms with Crippen molar-refractivity contribution in [3.05, 3.63) is 107 Å². The van der Waals surface area contributed by atoms with Crippen molar-refractivity contribution in [1.82, 2.24) is 35.3 Å². The maximum Gasteiger partial charge on any atom is 0.268 e. The summed E-state index contributed by atoms with van der Waals surface area (Å²) in [4.78, 5) is 16.4. The summed E-state index contributed by atoms with van der Waals surface area (Å²) in [6.45, 7) is 19.4. The summed E-state index contributed by atoms with van der Waals surface area (Å²) in [5, 5.41) is 16.1. The number of aromatic nitrogens is 4. The van der Waals surface area contributed by atoms with Gasteiger partial charge in [-0.05, 0) is 117 Å². The van der Waals surface area contributed by atoms with E-state index in [0.717, 1.165) is 140 Å². The van der Waals surface area contributed by atoms with Crippen LogP contribution in [0.1, 0.15) is 93.4 Å². The van der Waals surface area contributed by atoms with Gasteiger partial charge in [-0.2, -0.15) is 10.1 Å². The smallest absolute Gasteiger partial charge is 0.268 e. The van der Waals surface area contributed by atoms with Crippen LogP contribution in [-0.2, 0) is 7.05 Å². The summed E-state index contributed by atoms with van der Waals surface area (Å²) in [5.41, 5.74) is 8.95. The third-order valence-corrected chi connectivity index (χ3v) is 15.2. The zero-order valence-corrected chi connectivity index (χ0v) is 37.3. The summed E-state index contributed by atoms with van der Waals surface area (Å²) < 4.78 is 48.8. The number of hydrogen-bond donors (Lipinski definition) is 3. The van der Waals surface area contributed by atoms with Crippen LogP contribution < -0.4 is 25.8 Å². The lowest BCUT2D eigenvalue weighted by Crippen LogP contribution is -2.45. The second-order valence-corrected chi connectivity index (χ2v) is 19.5. The van der Waals surface area contributed by atoms with E-state index >= 15 is 13.2 Å². The minimum absolute atomic E-state index is 0.0247. The van der Waals surface area contributed by atoms with Gasteiger partial charge < -0.3 is 30.7 Å². The molecule has 2 aromatic heterocycles. The molecule has 1 aliphatic carbocycles. The summed E-state index contributed by atoms with van der Waals surface area (Å²) in [5.74, 6) is -0.718. The van der Waals surface area contributed by atoms with Crippen molar-refractivity contribution < 1.29 is 13.2 Å². The molecule has 3 N–H and O–H groups in total. The number of anilines is 4. The topological polar surface area (TPSA) is 89.4 Å². The number of piperidine rings is 3. The van der Waals surface area contributed by atoms with Crippen molar-refractivity contribution in [2.75, 3.05) is 54.9 Å². The molecule has 14 heteroatoms. The van der Waals surface area contributed by atoms with Crippen molar-refractivity contribution in [3.8, 4) is 0 Å². The first kappa shape index (κ1) is 42.0. The molecule has 4 unspecified atom stereocenters. The maximum atomic E-state index is 16.3. The van der Waals surface area contributed by atoms with Gasteiger partial charge in [-0.1, -0.05) is 50.4 Å². The van der Waals surface area contributed by atoms with Crippen LogP contribution >= 0.6 is 11.6 Å². The first-order chi connectivity index (χ1) is 30.2. The van der Waals surface area contributed by atoms with E-state index in [1.54, 1.807) is 10.9 Å². The average molecular weight is 880 g/mol. The van der Waals surface area contributed by atoms with Crippen LogP contribution in [0, 0.1) is 23.6 Å². The van der Waals surface area contributed by atoms with E-state index in [9.17, 15) is 0 Å². The Kier molecular flexibility index (Phi) is 10.8. The summed E-state index contributed by atoms with van der Waals surface area (Å²) in [6, 6.07) is 9.13. The van der Waals surface area contributed by atoms with Crippen molar-refractivity contribution in [3.63, 3.8) is 0 Å². The number of halogens is 4. The lowest BCUT2D eigenvalue weighted by atomic mass is 9.84. The van der Waals surface area contributed by atoms with Crippen LogP contribution in [0.25, 0.3) is 16.6 Å². The number of nitrogens with one attached hydrogen (secondary N) is 3. The molecular weight excluding hydrogens is 821 g/mol. The molecule has 4 atom stereocenters. The Hall–Kier alpha value is -5.01. The van der Waals surface area contributed by atoms with Crippen LogP contribution in [0.5, 0.6) is 0 Å². The number of allylic oxidation sites excluding steroid dienone is 3. The van der Waals surface area contributed by atoms with E-state index in [0.29, 0.717) is 34.1 Å². The predicted octanol–water partition coefficient (Wildman–Crippen LogP) is 10.2. The molecule has 10 nitrogen and oxygen atoms in total. The van der Waals surface area contributed by atoms with Crippen molar-refractivity contribution in [2.45, 2.75) is 88.5 Å². The zero-order chi connectivity index (χ0) is 43.9. The predicted molar refractivity (Wildman–Crippen MR) is 247 cm³/mol. The van der Waals surface area contributed by atoms with Gasteiger partial charge in [0.1, 0.15) is 10.5 Å². The number of hydrogen-bond acceptors (Lipinski definition) is 9. The SMILES string of the molecule is C=C1CCC(c2nn(C)c3c(F)c(C4CCN(CC5CCN(c6ncc(Cl)c(Nc7ccc8c(c7)C7=C(CCC(F)(F)C(C9CC9)N7)C(=C)N8C)n6)CC5C)CC4)ccc23)C(=C)N1. The van der Waals surface area contributed by atoms with Crippen LogP contribution in [0.2, 0.25) is 5.02 Å². The third kappa shape index (κ3) is 7.76. The Labute approximate surface area is 373 Å². The molecule has 6 aliphatic rings. The quantitative estimate of drug-likeness (QED) is 0.160. The summed E-state index contributed by atoms with van der Waals surface area (Å²) in [6.07, 6.45) is 7.91. The number of likely N-dealkylation sites (tertiary alicyclic amines) is 1. The molecule has 5 aliphatic heterocycles. The molecule has 2 aromatic carbocycles. The monoisotopic (exact) mass is 878 g/mol. The van der Waals surface area contributed by atoms with Crippen LogP contribution in [0.15, 0.2) is 78.9 Å². The fourth-order valence-electron chi connectivity index (χ4n) is 11.0. The molecular formula is C49H58ClF3N10. The Morgan fingerprint density at radius 2 is 1.78 bits per heavy atom. The first-order valence-electron chi connectivity index (χ1n) is 22.7. The van der Waals surface area contributed by atoms with E-state index in [-0.39, 0.29) is 36.4 Å². The van der Waals surface area contributed by atoms with Crippen molar-refractivity contribution in [2.24, 2.45) is 24.8 Å². The van der Waals surface area contributed by atoms with Crippen molar-refractivity contribution >= 4 is 51.3 Å². The molecule has 63 heavy (non-hydrogen) atoms. The van der Waals surface area contributed by atoms with Gasteiger partial charge in [-0.15, -0.1) is 0 Å². The number of likely N-dealkylation sites (N-methyl/N-ethyl adjacent to an activating group) is 1. The van der Waals surface area contributed by atoms with E-state index < -0.39 is 12.0 Å². The number of rotatable bonds is 8. The minimum atomic E-state index is -2.80. The molecule has 10 rings (SSSR count). The van der Waals surface area contributed by atoms with E-state index in [1.807, 2.05) is 43.3 Å². The Bertz CT molecular complexity index is 2540. The molecule has 4 fully saturated rings. The van der Waals surface area contributed by atoms with Gasteiger partial charge in [0.25, 0.3) is 5.92 Å². The van der Waals surface area contributed by atoms with Gasteiger partial charge >= 0.3 is 0 Å². The number of aryl methyl sites for hydroxylation is 1. The normalized spacial score (nSPS) is 25.7. The van der Waals surface area contributed by atoms with Crippen LogP contribution in [-0.4, -0.2) is 76.4 Å². The highest BCUT2D eigenvalue weighted by Crippen LogP contribution is 2.49. The molecule has 0 spiro atoms. The second kappa shape index (κ2) is 16.2. The Morgan fingerprint density at radius 1 is 0.984 bits per heavy atom. The number of fused-ring (bicyclic) bond motifs is 3. The zero-order valence-electron chi connectivity index (χ0n) is 36.6. The van der Waals surface area contributed by atoms with Gasteiger partial charge in [0.05, 0.1) is 23.6 Å². The third-order valence-electron chi connectivity index (χ3n) is 14.9. The van der Waals surface area contributed by atoms with Crippen LogP contribution in [0.3, 0.4) is 0 Å². The molecule has 7 heterocycles. The number of benzene rings is 2. The van der Waals surface area contributed by atoms with Gasteiger partial charge in [-0.25, -0.2) is 18.2 Å². The molecule has 4 aromatic rings. The molecule has 332 valence electrons. The lowest BCUT2D eigenvalue weighted by molar-refractivity contribution is -0.0441. The molecule has 0 radical (unpaired) electrons. The fourth-order valence-corrected chi connectivity index (χ4v) is 11.2. The summed E-state index contributed by atoms with van der Waals surface area (Å²) in [7, 11) is 3.78. The molecule has 0 amide bonds. The van der Waals surface area contributed by atoms with E-state index in [1.165, 1.54) is 0 Å². The molecule has 0 bridgehead atoms. The number of nitrogens with zero attached hydrogens (tertiary/aromatic N) is 7. The average Bonchev–Trinajstić information content (AvgIpc) is 4.06. The first-order valence-corrected chi connectivity index (χ1v) is 23.1. The summed E-state index contributed by atoms with van der Waals surface area (Å²) >= 11 is 6.72. The fraction of sp³-hybridized carbons (Fsp3) is 0.490. The Balaban J connectivity index is 0.774. The van der Waals surface area contributed by atoms with E-state index in [4.69, 9.17) is 21.7 Å². The highest BCUT2D eigenvalue weighted by atomic mass is 35.5. The molecule has 1 saturated carbocycles. The lowest BCUT2D eigenvalue weighted by Gasteiger charge is -2.41. The standard InChI is InChI=1S/C49H58ClF3N10/c1-27-25-63(22-18-33(27)26-62-20-16-31(17-21-62)37-12-13-38-44(59-61(6)45(38)42(37)51)35-11-7-28(2)55-29(35)3)48-54-24-40(50)47(58-48)56-34-10-14-41-39(23-34)43-36(30(4)60(41)5)15-19-49(52,53)46(57-43)32-8-9-32/h10,12-14,23-24,27,31-33,35,46,55,57H,2-4,7-9,11,15-22,25-26H2,1,5-6H3,(H,54,56,58). The highest BCUT2D eigenvalue weighted by Gasteiger charge is 2.50. The number of alkyl halides is 2. The Morgan fingerprint density at radius 3 is 2.52 bits per heavy atom. The van der Waals surface area contributed by atoms with Crippen molar-refractivity contribution in [1.29, 1.82) is 0 Å². The maximum absolute atomic E-state index is 16.3. The van der Waals surface area contributed by atoms with E-state index in [2.05, 4.69) is 63.5 Å². The van der Waals surface area contributed by atoms with Gasteiger partial charge in [0.15, 0.2) is 11.6 Å². The van der Waals surface area contributed by atoms with Crippen LogP contribution in [0.4, 0.5) is 36.3 Å². The molecule has 3 saturated heterocycles. The second-order valence-electron chi connectivity index (χ2n) is 19.1. The van der Waals surface area contributed by atoms with Gasteiger partial charge in [-0.3, -0.25) is 4.68 Å².